The number of alkyl halides is 3. The highest BCUT2D eigenvalue weighted by Gasteiger charge is 2.42. The molecule has 2 unspecified atom stereocenters. The molecule has 0 amide bonds. The number of anilines is 2. The summed E-state index contributed by atoms with van der Waals surface area (Å²) in [7, 11) is -3.82. The average molecular weight is 494 g/mol. The molecule has 0 aliphatic carbocycles. The molecular weight excluding hydrogens is 463 g/mol. The minimum absolute atomic E-state index is 0.0156. The zero-order valence-corrected chi connectivity index (χ0v) is 19.4. The fourth-order valence-corrected chi connectivity index (χ4v) is 6.54. The Hall–Kier alpha value is -1.83. The molecule has 3 aliphatic rings. The lowest BCUT2D eigenvalue weighted by Crippen LogP contribution is -2.58. The first-order valence-corrected chi connectivity index (χ1v) is 12.6. The number of nitrogens with one attached hydrogen (secondary N) is 1. The van der Waals surface area contributed by atoms with Crippen LogP contribution in [-0.4, -0.2) is 92.8 Å². The molecule has 33 heavy (non-hydrogen) atoms. The smallest absolute Gasteiger partial charge is 0.377 e. The molecule has 0 radical (unpaired) electrons. The molecule has 1 aromatic heterocycles. The normalized spacial score (nSPS) is 26.2. The van der Waals surface area contributed by atoms with Crippen LogP contribution in [0.5, 0.6) is 0 Å². The van der Waals surface area contributed by atoms with Crippen LogP contribution in [0.3, 0.4) is 0 Å². The van der Waals surface area contributed by atoms with Gasteiger partial charge in [0.15, 0.2) is 0 Å². The highest BCUT2D eigenvalue weighted by Crippen LogP contribution is 2.32. The van der Waals surface area contributed by atoms with E-state index in [1.807, 2.05) is 11.8 Å². The standard InChI is InChI=1S/C20H30F3N5O4S/c1-15-14-32-9-8-27(15)16-10-18(24-19(29)11-16)28-7-6-26(13-17(28)12-20(21,22)23)33(30,31)25-4-2-3-5-25/h10-11,15,17H,2-9,12-14H2,1H3,(H,24,29). The topological polar surface area (TPSA) is 89.2 Å². The van der Waals surface area contributed by atoms with E-state index in [0.29, 0.717) is 38.5 Å². The maximum Gasteiger partial charge on any atom is 0.391 e. The molecule has 0 aromatic carbocycles. The van der Waals surface area contributed by atoms with Crippen LogP contribution in [0.2, 0.25) is 0 Å². The van der Waals surface area contributed by atoms with Crippen molar-refractivity contribution in [3.63, 3.8) is 0 Å². The number of pyridine rings is 1. The lowest BCUT2D eigenvalue weighted by Gasteiger charge is -2.43. The van der Waals surface area contributed by atoms with Crippen LogP contribution in [0.25, 0.3) is 0 Å². The number of aromatic amines is 1. The Bertz CT molecular complexity index is 996. The molecule has 2 atom stereocenters. The first kappa shape index (κ1) is 24.3. The molecule has 1 N–H and O–H groups in total. The van der Waals surface area contributed by atoms with Crippen molar-refractivity contribution in [3.05, 3.63) is 22.5 Å². The van der Waals surface area contributed by atoms with Gasteiger partial charge in [-0.05, 0) is 19.8 Å². The van der Waals surface area contributed by atoms with Gasteiger partial charge in [0, 0.05) is 63.1 Å². The summed E-state index contributed by atoms with van der Waals surface area (Å²) < 4.78 is 74.2. The molecule has 4 heterocycles. The van der Waals surface area contributed by atoms with Crippen molar-refractivity contribution in [3.8, 4) is 0 Å². The summed E-state index contributed by atoms with van der Waals surface area (Å²) in [6.07, 6.45) is -4.17. The predicted molar refractivity (Wildman–Crippen MR) is 118 cm³/mol. The maximum absolute atomic E-state index is 13.5. The van der Waals surface area contributed by atoms with Crippen molar-refractivity contribution in [1.82, 2.24) is 13.6 Å². The monoisotopic (exact) mass is 493 g/mol. The lowest BCUT2D eigenvalue weighted by atomic mass is 10.1. The zero-order chi connectivity index (χ0) is 23.8. The van der Waals surface area contributed by atoms with E-state index in [-0.39, 0.29) is 31.5 Å². The molecule has 3 saturated heterocycles. The number of hydrogen-bond donors (Lipinski definition) is 1. The Labute approximate surface area is 191 Å². The van der Waals surface area contributed by atoms with E-state index < -0.39 is 34.4 Å². The maximum atomic E-state index is 13.5. The Balaban J connectivity index is 1.62. The molecule has 0 saturated carbocycles. The molecule has 9 nitrogen and oxygen atoms in total. The van der Waals surface area contributed by atoms with Gasteiger partial charge in [-0.1, -0.05) is 0 Å². The Morgan fingerprint density at radius 3 is 2.45 bits per heavy atom. The second kappa shape index (κ2) is 9.43. The number of morpholine rings is 1. The van der Waals surface area contributed by atoms with Crippen LogP contribution < -0.4 is 15.4 Å². The van der Waals surface area contributed by atoms with E-state index in [2.05, 4.69) is 4.98 Å². The number of piperazine rings is 1. The summed E-state index contributed by atoms with van der Waals surface area (Å²) in [4.78, 5) is 18.6. The molecule has 13 heteroatoms. The number of ether oxygens (including phenoxy) is 1. The molecule has 3 fully saturated rings. The van der Waals surface area contributed by atoms with E-state index >= 15 is 0 Å². The van der Waals surface area contributed by atoms with Crippen molar-refractivity contribution >= 4 is 21.7 Å². The van der Waals surface area contributed by atoms with E-state index in [0.717, 1.165) is 17.1 Å². The van der Waals surface area contributed by atoms with E-state index in [1.54, 1.807) is 6.07 Å². The number of nitrogens with zero attached hydrogens (tertiary/aromatic N) is 4. The summed E-state index contributed by atoms with van der Waals surface area (Å²) in [5.74, 6) is 0.267. The highest BCUT2D eigenvalue weighted by molar-refractivity contribution is 7.86. The van der Waals surface area contributed by atoms with Gasteiger partial charge < -0.3 is 19.5 Å². The fourth-order valence-electron chi connectivity index (χ4n) is 4.82. The third-order valence-electron chi connectivity index (χ3n) is 6.45. The van der Waals surface area contributed by atoms with E-state index in [4.69, 9.17) is 4.74 Å². The van der Waals surface area contributed by atoms with Gasteiger partial charge in [-0.15, -0.1) is 0 Å². The van der Waals surface area contributed by atoms with Crippen LogP contribution in [-0.2, 0) is 14.9 Å². The quantitative estimate of drug-likeness (QED) is 0.667. The zero-order valence-electron chi connectivity index (χ0n) is 18.6. The third-order valence-corrected chi connectivity index (χ3v) is 8.46. The molecule has 0 spiro atoms. The van der Waals surface area contributed by atoms with Gasteiger partial charge in [0.05, 0.1) is 25.7 Å². The minimum Gasteiger partial charge on any atom is -0.377 e. The predicted octanol–water partition coefficient (Wildman–Crippen LogP) is 1.38. The Kier molecular flexibility index (Phi) is 6.95. The van der Waals surface area contributed by atoms with Crippen LogP contribution in [0, 0.1) is 0 Å². The molecule has 186 valence electrons. The van der Waals surface area contributed by atoms with Gasteiger partial charge in [0.1, 0.15) is 5.82 Å². The lowest BCUT2D eigenvalue weighted by molar-refractivity contribution is -0.139. The fraction of sp³-hybridized carbons (Fsp3) is 0.750. The molecule has 3 aliphatic heterocycles. The van der Waals surface area contributed by atoms with E-state index in [1.165, 1.54) is 15.3 Å². The number of hydrogen-bond acceptors (Lipinski definition) is 6. The van der Waals surface area contributed by atoms with Gasteiger partial charge >= 0.3 is 6.18 Å². The summed E-state index contributed by atoms with van der Waals surface area (Å²) in [5.41, 5.74) is 0.196. The largest absolute Gasteiger partial charge is 0.391 e. The van der Waals surface area contributed by atoms with Gasteiger partial charge in [0.25, 0.3) is 15.8 Å². The summed E-state index contributed by atoms with van der Waals surface area (Å²) in [6, 6.07) is 1.97. The van der Waals surface area contributed by atoms with Gasteiger partial charge in [-0.2, -0.15) is 30.2 Å². The average Bonchev–Trinajstić information content (AvgIpc) is 3.28. The first-order valence-electron chi connectivity index (χ1n) is 11.2. The number of halogens is 3. The Morgan fingerprint density at radius 2 is 1.79 bits per heavy atom. The highest BCUT2D eigenvalue weighted by atomic mass is 32.2. The number of H-pyrrole nitrogens is 1. The second-order valence-electron chi connectivity index (χ2n) is 8.84. The van der Waals surface area contributed by atoms with Crippen molar-refractivity contribution < 1.29 is 26.3 Å². The summed E-state index contributed by atoms with van der Waals surface area (Å²) in [6.45, 7) is 4.09. The molecular formula is C20H30F3N5O4S. The molecule has 1 aromatic rings. The summed E-state index contributed by atoms with van der Waals surface area (Å²) in [5, 5.41) is 0. The van der Waals surface area contributed by atoms with Crippen molar-refractivity contribution in [2.24, 2.45) is 0 Å². The third kappa shape index (κ3) is 5.47. The van der Waals surface area contributed by atoms with Crippen molar-refractivity contribution in [2.75, 3.05) is 62.3 Å². The van der Waals surface area contributed by atoms with Crippen LogP contribution in [0.15, 0.2) is 16.9 Å². The van der Waals surface area contributed by atoms with E-state index in [9.17, 15) is 26.4 Å². The number of aromatic nitrogens is 1. The van der Waals surface area contributed by atoms with Crippen LogP contribution in [0.1, 0.15) is 26.2 Å². The van der Waals surface area contributed by atoms with Crippen LogP contribution in [0.4, 0.5) is 24.7 Å². The van der Waals surface area contributed by atoms with Crippen molar-refractivity contribution in [2.45, 2.75) is 44.4 Å². The van der Waals surface area contributed by atoms with Gasteiger partial charge in [-0.25, -0.2) is 0 Å². The van der Waals surface area contributed by atoms with Crippen molar-refractivity contribution in [1.29, 1.82) is 0 Å². The van der Waals surface area contributed by atoms with Gasteiger partial charge in [-0.3, -0.25) is 4.79 Å². The van der Waals surface area contributed by atoms with Gasteiger partial charge in [0.2, 0.25) is 0 Å². The molecule has 4 rings (SSSR count). The SMILES string of the molecule is CC1COCCN1c1cc(N2CCN(S(=O)(=O)N3CCCC3)CC2CC(F)(F)F)[nH]c(=O)c1. The summed E-state index contributed by atoms with van der Waals surface area (Å²) >= 11 is 0. The molecule has 0 bridgehead atoms. The Morgan fingerprint density at radius 1 is 1.06 bits per heavy atom. The number of rotatable bonds is 5. The van der Waals surface area contributed by atoms with Crippen LogP contribution >= 0.6 is 0 Å². The first-order chi connectivity index (χ1) is 15.5. The second-order valence-corrected chi connectivity index (χ2v) is 10.8. The minimum atomic E-state index is -4.49.